The largest absolute Gasteiger partial charge is 0.324 e. The van der Waals surface area contributed by atoms with Gasteiger partial charge in [0.05, 0.1) is 12.0 Å². The van der Waals surface area contributed by atoms with E-state index in [0.29, 0.717) is 22.2 Å². The molecule has 3 aromatic carbocycles. The summed E-state index contributed by atoms with van der Waals surface area (Å²) in [6, 6.07) is 24.0. The van der Waals surface area contributed by atoms with E-state index in [-0.39, 0.29) is 5.91 Å². The molecule has 0 bridgehead atoms. The van der Waals surface area contributed by atoms with Gasteiger partial charge in [0.15, 0.2) is 0 Å². The summed E-state index contributed by atoms with van der Waals surface area (Å²) in [5.74, 6) is 0.239. The SMILES string of the molecule is O=C(Nc1cccc(Nc2nccc(-c3ccc(-n4ccnc4)cc3)n2)c1)c1ccc(Cl)cc1. The normalized spacial score (nSPS) is 10.6. The van der Waals surface area contributed by atoms with Gasteiger partial charge in [-0.1, -0.05) is 29.8 Å². The lowest BCUT2D eigenvalue weighted by molar-refractivity contribution is 0.102. The number of carbonyl (C=O) groups is 1. The van der Waals surface area contributed by atoms with Crippen molar-refractivity contribution in [3.8, 4) is 16.9 Å². The highest BCUT2D eigenvalue weighted by atomic mass is 35.5. The number of amides is 1. The van der Waals surface area contributed by atoms with Gasteiger partial charge in [0.25, 0.3) is 5.91 Å². The van der Waals surface area contributed by atoms with Crippen LogP contribution < -0.4 is 10.6 Å². The Hall–Kier alpha value is -4.49. The molecule has 5 aromatic rings. The van der Waals surface area contributed by atoms with Crippen LogP contribution in [0.5, 0.6) is 0 Å². The molecule has 0 radical (unpaired) electrons. The Balaban J connectivity index is 1.30. The zero-order chi connectivity index (χ0) is 23.3. The summed E-state index contributed by atoms with van der Waals surface area (Å²) in [5, 5.41) is 6.68. The Kier molecular flexibility index (Phi) is 6.01. The third kappa shape index (κ3) is 4.95. The van der Waals surface area contributed by atoms with E-state index >= 15 is 0 Å². The molecule has 5 rings (SSSR count). The van der Waals surface area contributed by atoms with Gasteiger partial charge in [-0.15, -0.1) is 0 Å². The summed E-state index contributed by atoms with van der Waals surface area (Å²) in [5.41, 5.74) is 4.71. The first-order valence-corrected chi connectivity index (χ1v) is 10.9. The van der Waals surface area contributed by atoms with E-state index in [1.54, 1.807) is 43.0 Å². The fraction of sp³-hybridized carbons (Fsp3) is 0. The Morgan fingerprint density at radius 1 is 0.882 bits per heavy atom. The number of nitrogens with zero attached hydrogens (tertiary/aromatic N) is 4. The lowest BCUT2D eigenvalue weighted by Gasteiger charge is -2.10. The molecule has 0 aliphatic rings. The Morgan fingerprint density at radius 2 is 1.68 bits per heavy atom. The predicted octanol–water partition coefficient (Wildman–Crippen LogP) is 5.98. The summed E-state index contributed by atoms with van der Waals surface area (Å²) in [6.07, 6.45) is 7.11. The van der Waals surface area contributed by atoms with Crippen molar-refractivity contribution in [3.05, 3.63) is 114 Å². The molecule has 1 amide bonds. The minimum absolute atomic E-state index is 0.216. The minimum atomic E-state index is -0.216. The number of carbonyl (C=O) groups excluding carboxylic acids is 1. The quantitative estimate of drug-likeness (QED) is 0.321. The topological polar surface area (TPSA) is 84.7 Å². The van der Waals surface area contributed by atoms with Crippen molar-refractivity contribution < 1.29 is 4.79 Å². The average Bonchev–Trinajstić information content (AvgIpc) is 3.40. The van der Waals surface area contributed by atoms with Gasteiger partial charge in [0.1, 0.15) is 0 Å². The van der Waals surface area contributed by atoms with Crippen molar-refractivity contribution in [2.24, 2.45) is 0 Å². The van der Waals surface area contributed by atoms with Crippen LogP contribution in [0.15, 0.2) is 104 Å². The number of hydrogen-bond acceptors (Lipinski definition) is 5. The van der Waals surface area contributed by atoms with Gasteiger partial charge in [0.2, 0.25) is 5.95 Å². The van der Waals surface area contributed by atoms with Crippen LogP contribution in [-0.4, -0.2) is 25.4 Å². The summed E-state index contributed by atoms with van der Waals surface area (Å²) in [7, 11) is 0. The number of nitrogens with one attached hydrogen (secondary N) is 2. The average molecular weight is 467 g/mol. The van der Waals surface area contributed by atoms with Crippen molar-refractivity contribution in [2.45, 2.75) is 0 Å². The minimum Gasteiger partial charge on any atom is -0.324 e. The Labute approximate surface area is 201 Å². The molecule has 0 saturated carbocycles. The second-order valence-corrected chi connectivity index (χ2v) is 7.89. The fourth-order valence-corrected chi connectivity index (χ4v) is 3.53. The maximum absolute atomic E-state index is 12.5. The molecular formula is C26H19ClN6O. The lowest BCUT2D eigenvalue weighted by atomic mass is 10.1. The lowest BCUT2D eigenvalue weighted by Crippen LogP contribution is -2.11. The Morgan fingerprint density at radius 3 is 2.44 bits per heavy atom. The molecule has 0 aliphatic heterocycles. The van der Waals surface area contributed by atoms with Gasteiger partial charge in [0, 0.05) is 51.8 Å². The van der Waals surface area contributed by atoms with E-state index in [2.05, 4.69) is 25.6 Å². The third-order valence-corrected chi connectivity index (χ3v) is 5.36. The molecule has 0 fully saturated rings. The van der Waals surface area contributed by atoms with Crippen molar-refractivity contribution in [1.29, 1.82) is 0 Å². The van der Waals surface area contributed by atoms with Crippen molar-refractivity contribution in [2.75, 3.05) is 10.6 Å². The van der Waals surface area contributed by atoms with E-state index in [9.17, 15) is 4.79 Å². The van der Waals surface area contributed by atoms with Crippen LogP contribution in [-0.2, 0) is 0 Å². The number of anilines is 3. The predicted molar refractivity (Wildman–Crippen MR) is 134 cm³/mol. The van der Waals surface area contributed by atoms with Crippen molar-refractivity contribution in [1.82, 2.24) is 19.5 Å². The van der Waals surface area contributed by atoms with Crippen LogP contribution in [0.1, 0.15) is 10.4 Å². The highest BCUT2D eigenvalue weighted by Crippen LogP contribution is 2.23. The summed E-state index contributed by atoms with van der Waals surface area (Å²) in [6.45, 7) is 0. The second-order valence-electron chi connectivity index (χ2n) is 7.45. The van der Waals surface area contributed by atoms with Crippen LogP contribution in [0.3, 0.4) is 0 Å². The maximum atomic E-state index is 12.5. The molecule has 34 heavy (non-hydrogen) atoms. The third-order valence-electron chi connectivity index (χ3n) is 5.10. The van der Waals surface area contributed by atoms with E-state index < -0.39 is 0 Å². The molecule has 166 valence electrons. The van der Waals surface area contributed by atoms with Crippen LogP contribution in [0, 0.1) is 0 Å². The van der Waals surface area contributed by atoms with Gasteiger partial charge in [-0.05, 0) is 60.7 Å². The van der Waals surface area contributed by atoms with Crippen molar-refractivity contribution in [3.63, 3.8) is 0 Å². The number of halogens is 1. The summed E-state index contributed by atoms with van der Waals surface area (Å²) >= 11 is 5.90. The fourth-order valence-electron chi connectivity index (χ4n) is 3.40. The van der Waals surface area contributed by atoms with Crippen LogP contribution in [0.25, 0.3) is 16.9 Å². The van der Waals surface area contributed by atoms with Crippen molar-refractivity contribution >= 4 is 34.8 Å². The molecular weight excluding hydrogens is 448 g/mol. The molecule has 0 spiro atoms. The Bertz CT molecular complexity index is 1420. The maximum Gasteiger partial charge on any atom is 0.255 e. The monoisotopic (exact) mass is 466 g/mol. The van der Waals surface area contributed by atoms with Gasteiger partial charge in [-0.3, -0.25) is 4.79 Å². The molecule has 2 aromatic heterocycles. The standard InChI is InChI=1S/C26H19ClN6O/c27-20-8-4-19(5-9-20)25(34)30-21-2-1-3-22(16-21)31-26-29-13-12-24(32-26)18-6-10-23(11-7-18)33-15-14-28-17-33/h1-17H,(H,30,34)(H,29,31,32). The first-order chi connectivity index (χ1) is 16.6. The number of hydrogen-bond donors (Lipinski definition) is 2. The van der Waals surface area contributed by atoms with Crippen LogP contribution >= 0.6 is 11.6 Å². The van der Waals surface area contributed by atoms with Gasteiger partial charge in [-0.25, -0.2) is 15.0 Å². The molecule has 0 atom stereocenters. The van der Waals surface area contributed by atoms with E-state index in [0.717, 1.165) is 22.6 Å². The second kappa shape index (κ2) is 9.56. The van der Waals surface area contributed by atoms with E-state index in [1.807, 2.05) is 65.4 Å². The molecule has 2 N–H and O–H groups in total. The highest BCUT2D eigenvalue weighted by molar-refractivity contribution is 6.30. The first-order valence-electron chi connectivity index (χ1n) is 10.5. The number of imidazole rings is 1. The van der Waals surface area contributed by atoms with E-state index in [4.69, 9.17) is 11.6 Å². The number of benzene rings is 3. The molecule has 0 unspecified atom stereocenters. The van der Waals surface area contributed by atoms with Gasteiger partial charge >= 0.3 is 0 Å². The number of rotatable bonds is 6. The number of aromatic nitrogens is 4. The van der Waals surface area contributed by atoms with Gasteiger partial charge in [-0.2, -0.15) is 0 Å². The highest BCUT2D eigenvalue weighted by Gasteiger charge is 2.08. The van der Waals surface area contributed by atoms with Crippen LogP contribution in [0.2, 0.25) is 5.02 Å². The summed E-state index contributed by atoms with van der Waals surface area (Å²) < 4.78 is 1.94. The first kappa shape index (κ1) is 21.4. The molecule has 0 aliphatic carbocycles. The molecule has 2 heterocycles. The molecule has 0 saturated heterocycles. The van der Waals surface area contributed by atoms with Crippen LogP contribution in [0.4, 0.5) is 17.3 Å². The smallest absolute Gasteiger partial charge is 0.255 e. The molecule has 8 heteroatoms. The van der Waals surface area contributed by atoms with E-state index in [1.165, 1.54) is 0 Å². The zero-order valence-electron chi connectivity index (χ0n) is 17.9. The zero-order valence-corrected chi connectivity index (χ0v) is 18.6. The summed E-state index contributed by atoms with van der Waals surface area (Å²) in [4.78, 5) is 25.5. The van der Waals surface area contributed by atoms with Gasteiger partial charge < -0.3 is 15.2 Å². The molecule has 7 nitrogen and oxygen atoms in total.